The lowest BCUT2D eigenvalue weighted by molar-refractivity contribution is -0.126. The molecule has 1 aliphatic carbocycles. The Morgan fingerprint density at radius 2 is 2.18 bits per heavy atom. The van der Waals surface area contributed by atoms with Crippen molar-refractivity contribution in [1.82, 2.24) is 10.4 Å². The van der Waals surface area contributed by atoms with Gasteiger partial charge in [-0.05, 0) is 26.3 Å². The molecule has 0 aromatic carbocycles. The highest BCUT2D eigenvalue weighted by Gasteiger charge is 2.28. The molecule has 98 valence electrons. The van der Waals surface area contributed by atoms with E-state index < -0.39 is 0 Å². The number of rotatable bonds is 8. The third-order valence-electron chi connectivity index (χ3n) is 3.41. The minimum Gasteiger partial charge on any atom is -0.282 e. The van der Waals surface area contributed by atoms with Gasteiger partial charge in [0, 0.05) is 12.5 Å². The summed E-state index contributed by atoms with van der Waals surface area (Å²) < 4.78 is 0. The van der Waals surface area contributed by atoms with E-state index >= 15 is 0 Å². The number of hydrogen-bond acceptors (Lipinski definition) is 3. The Morgan fingerprint density at radius 1 is 1.47 bits per heavy atom. The summed E-state index contributed by atoms with van der Waals surface area (Å²) in [5, 5.41) is 0. The summed E-state index contributed by atoms with van der Waals surface area (Å²) in [6.45, 7) is 3.75. The Hall–Kier alpha value is -0.560. The van der Waals surface area contributed by atoms with Crippen molar-refractivity contribution in [2.45, 2.75) is 51.7 Å². The molecule has 1 fully saturated rings. The van der Waals surface area contributed by atoms with E-state index in [9.17, 15) is 0 Å². The van der Waals surface area contributed by atoms with Crippen LogP contribution in [0.4, 0.5) is 0 Å². The highest BCUT2D eigenvalue weighted by Crippen LogP contribution is 2.30. The molecule has 0 aromatic rings. The van der Waals surface area contributed by atoms with Crippen molar-refractivity contribution in [1.29, 1.82) is 0 Å². The minimum absolute atomic E-state index is 0.130. The normalized spacial score (nSPS) is 18.5. The maximum Gasteiger partial charge on any atom is 0.135 e. The van der Waals surface area contributed by atoms with Crippen LogP contribution in [0.5, 0.6) is 0 Å². The van der Waals surface area contributed by atoms with E-state index in [0.717, 1.165) is 13.0 Å². The summed E-state index contributed by atoms with van der Waals surface area (Å²) >= 11 is 0. The van der Waals surface area contributed by atoms with E-state index in [0.29, 0.717) is 12.5 Å². The Bertz CT molecular complexity index is 231. The fourth-order valence-electron chi connectivity index (χ4n) is 2.42. The minimum atomic E-state index is 0.130. The first-order valence-corrected chi connectivity index (χ1v) is 6.81. The first-order chi connectivity index (χ1) is 8.29. The molecule has 17 heavy (non-hydrogen) atoms. The molecular weight excluding hydrogens is 212 g/mol. The lowest BCUT2D eigenvalue weighted by Gasteiger charge is -2.31. The monoisotopic (exact) mass is 238 g/mol. The van der Waals surface area contributed by atoms with Crippen LogP contribution in [-0.4, -0.2) is 31.3 Å². The van der Waals surface area contributed by atoms with Crippen LogP contribution < -0.4 is 5.48 Å². The Labute approximate surface area is 106 Å². The summed E-state index contributed by atoms with van der Waals surface area (Å²) in [4.78, 5) is 7.96. The highest BCUT2D eigenvalue weighted by atomic mass is 16.7. The topological polar surface area (TPSA) is 24.5 Å². The van der Waals surface area contributed by atoms with Crippen molar-refractivity contribution in [3.63, 3.8) is 0 Å². The molecule has 0 radical (unpaired) electrons. The molecule has 0 aromatic heterocycles. The summed E-state index contributed by atoms with van der Waals surface area (Å²) in [5.74, 6) is 3.32. The summed E-state index contributed by atoms with van der Waals surface area (Å²) in [6.07, 6.45) is 13.0. The number of hydroxylamine groups is 1. The smallest absolute Gasteiger partial charge is 0.135 e. The lowest BCUT2D eigenvalue weighted by atomic mass is 10.1. The van der Waals surface area contributed by atoms with Crippen LogP contribution in [0.2, 0.25) is 0 Å². The van der Waals surface area contributed by atoms with Crippen LogP contribution in [0.3, 0.4) is 0 Å². The molecule has 3 nitrogen and oxygen atoms in total. The molecule has 0 amide bonds. The van der Waals surface area contributed by atoms with Gasteiger partial charge in [-0.2, -0.15) is 0 Å². The quantitative estimate of drug-likeness (QED) is 0.304. The maximum absolute atomic E-state index is 5.82. The second kappa shape index (κ2) is 8.52. The molecule has 1 N–H and O–H groups in total. The van der Waals surface area contributed by atoms with Crippen molar-refractivity contribution in [2.75, 3.05) is 20.1 Å². The van der Waals surface area contributed by atoms with Crippen LogP contribution in [-0.2, 0) is 4.84 Å². The molecule has 1 saturated carbocycles. The first kappa shape index (κ1) is 14.5. The molecule has 1 aliphatic rings. The van der Waals surface area contributed by atoms with Crippen LogP contribution in [0.1, 0.15) is 45.4 Å². The number of nitrogens with zero attached hydrogens (tertiary/aromatic N) is 1. The van der Waals surface area contributed by atoms with Gasteiger partial charge in [-0.15, -0.1) is 6.42 Å². The van der Waals surface area contributed by atoms with Crippen molar-refractivity contribution in [3.05, 3.63) is 0 Å². The molecule has 1 unspecified atom stereocenters. The van der Waals surface area contributed by atoms with Crippen LogP contribution >= 0.6 is 0 Å². The van der Waals surface area contributed by atoms with Gasteiger partial charge in [-0.1, -0.05) is 32.1 Å². The standard InChI is InChI=1S/C14H26N2O/c1-4-6-11-15-17-14(16(3)12-5-2)13-9-7-8-10-13/h2,13-15H,4,6-12H2,1,3H3. The van der Waals surface area contributed by atoms with Gasteiger partial charge in [0.1, 0.15) is 6.23 Å². The summed E-state index contributed by atoms with van der Waals surface area (Å²) in [6, 6.07) is 0. The van der Waals surface area contributed by atoms with Crippen LogP contribution in [0.15, 0.2) is 0 Å². The molecule has 0 bridgehead atoms. The molecule has 3 heteroatoms. The fraction of sp³-hybridized carbons (Fsp3) is 0.857. The predicted octanol–water partition coefficient (Wildman–Crippen LogP) is 2.39. The fourth-order valence-corrected chi connectivity index (χ4v) is 2.42. The van der Waals surface area contributed by atoms with E-state index in [1.165, 1.54) is 32.1 Å². The Kier molecular flexibility index (Phi) is 7.27. The Balaban J connectivity index is 2.38. The SMILES string of the molecule is C#CCN(C)C(ONCCCC)C1CCCC1. The molecule has 0 spiro atoms. The average molecular weight is 238 g/mol. The second-order valence-corrected chi connectivity index (χ2v) is 4.92. The van der Waals surface area contributed by atoms with E-state index in [2.05, 4.69) is 23.2 Å². The van der Waals surface area contributed by atoms with Crippen molar-refractivity contribution in [2.24, 2.45) is 5.92 Å². The average Bonchev–Trinajstić information content (AvgIpc) is 2.83. The third kappa shape index (κ3) is 5.08. The van der Waals surface area contributed by atoms with Gasteiger partial charge in [0.2, 0.25) is 0 Å². The zero-order valence-electron chi connectivity index (χ0n) is 11.2. The maximum atomic E-state index is 5.82. The van der Waals surface area contributed by atoms with Gasteiger partial charge in [-0.3, -0.25) is 9.74 Å². The van der Waals surface area contributed by atoms with Gasteiger partial charge in [0.05, 0.1) is 6.54 Å². The molecule has 0 heterocycles. The second-order valence-electron chi connectivity index (χ2n) is 4.92. The third-order valence-corrected chi connectivity index (χ3v) is 3.41. The predicted molar refractivity (Wildman–Crippen MR) is 71.2 cm³/mol. The molecule has 0 saturated heterocycles. The van der Waals surface area contributed by atoms with Crippen molar-refractivity contribution in [3.8, 4) is 12.3 Å². The Morgan fingerprint density at radius 3 is 2.76 bits per heavy atom. The first-order valence-electron chi connectivity index (χ1n) is 6.81. The number of unbranched alkanes of at least 4 members (excludes halogenated alkanes) is 1. The van der Waals surface area contributed by atoms with E-state index in [1.807, 2.05) is 7.05 Å². The van der Waals surface area contributed by atoms with Gasteiger partial charge in [-0.25, -0.2) is 5.48 Å². The lowest BCUT2D eigenvalue weighted by Crippen LogP contribution is -2.43. The van der Waals surface area contributed by atoms with Crippen LogP contribution in [0, 0.1) is 18.3 Å². The number of terminal acetylenes is 1. The van der Waals surface area contributed by atoms with Crippen molar-refractivity contribution >= 4 is 0 Å². The van der Waals surface area contributed by atoms with Crippen LogP contribution in [0.25, 0.3) is 0 Å². The van der Waals surface area contributed by atoms with Gasteiger partial charge in [0.25, 0.3) is 0 Å². The van der Waals surface area contributed by atoms with E-state index in [-0.39, 0.29) is 6.23 Å². The van der Waals surface area contributed by atoms with Crippen molar-refractivity contribution < 1.29 is 4.84 Å². The number of hydrogen-bond donors (Lipinski definition) is 1. The molecular formula is C14H26N2O. The van der Waals surface area contributed by atoms with E-state index in [4.69, 9.17) is 11.3 Å². The zero-order chi connectivity index (χ0) is 12.5. The molecule has 1 rings (SSSR count). The van der Waals surface area contributed by atoms with Gasteiger partial charge >= 0.3 is 0 Å². The summed E-state index contributed by atoms with van der Waals surface area (Å²) in [5.41, 5.74) is 3.09. The molecule has 0 aliphatic heterocycles. The van der Waals surface area contributed by atoms with E-state index in [1.54, 1.807) is 0 Å². The largest absolute Gasteiger partial charge is 0.282 e. The van der Waals surface area contributed by atoms with Gasteiger partial charge in [0.15, 0.2) is 0 Å². The number of nitrogens with one attached hydrogen (secondary N) is 1. The van der Waals surface area contributed by atoms with Gasteiger partial charge < -0.3 is 0 Å². The highest BCUT2D eigenvalue weighted by molar-refractivity contribution is 4.89. The molecule has 1 atom stereocenters. The zero-order valence-corrected chi connectivity index (χ0v) is 11.2. The summed E-state index contributed by atoms with van der Waals surface area (Å²) in [7, 11) is 2.05.